The highest BCUT2D eigenvalue weighted by Gasteiger charge is 2.46. The number of nitrogens with zero attached hydrogens (tertiary/aromatic N) is 2. The third kappa shape index (κ3) is 9.84. The molecule has 11 heteroatoms. The average molecular weight is 488 g/mol. The molecule has 0 radical (unpaired) electrons. The number of aliphatic carboxylic acids is 2. The van der Waals surface area contributed by atoms with E-state index in [1.807, 2.05) is 4.90 Å². The maximum absolute atomic E-state index is 13.0. The Hall–Kier alpha value is -2.40. The van der Waals surface area contributed by atoms with Crippen LogP contribution in [0.15, 0.2) is 0 Å². The van der Waals surface area contributed by atoms with Gasteiger partial charge in [0.1, 0.15) is 0 Å². The van der Waals surface area contributed by atoms with Crippen molar-refractivity contribution in [1.29, 1.82) is 0 Å². The van der Waals surface area contributed by atoms with Crippen LogP contribution in [0.25, 0.3) is 0 Å². The molecule has 0 aromatic rings. The van der Waals surface area contributed by atoms with Crippen molar-refractivity contribution in [2.45, 2.75) is 66.0 Å². The number of carbonyl (C=O) groups is 4. The summed E-state index contributed by atoms with van der Waals surface area (Å²) >= 11 is 0. The first-order valence-electron chi connectivity index (χ1n) is 11.8. The van der Waals surface area contributed by atoms with Crippen LogP contribution in [-0.4, -0.2) is 101 Å². The lowest BCUT2D eigenvalue weighted by Crippen LogP contribution is -2.64. The number of amides is 2. The van der Waals surface area contributed by atoms with E-state index in [1.165, 1.54) is 4.90 Å². The number of ether oxygens (including phenoxy) is 1. The quantitative estimate of drug-likeness (QED) is 0.420. The molecule has 2 fully saturated rings. The second-order valence-corrected chi connectivity index (χ2v) is 10.3. The van der Waals surface area contributed by atoms with Gasteiger partial charge in [-0.3, -0.25) is 14.4 Å². The van der Waals surface area contributed by atoms with Gasteiger partial charge in [-0.1, -0.05) is 34.6 Å². The second-order valence-electron chi connectivity index (χ2n) is 10.3. The van der Waals surface area contributed by atoms with Crippen LogP contribution in [-0.2, 0) is 19.1 Å². The summed E-state index contributed by atoms with van der Waals surface area (Å²) in [7, 11) is 0. The molecule has 0 aromatic heterocycles. The van der Waals surface area contributed by atoms with Crippen LogP contribution in [0.1, 0.15) is 53.9 Å². The van der Waals surface area contributed by atoms with E-state index in [2.05, 4.69) is 39.9 Å². The fourth-order valence-corrected chi connectivity index (χ4v) is 4.36. The zero-order valence-electron chi connectivity index (χ0n) is 21.0. The zero-order chi connectivity index (χ0) is 26.1. The van der Waals surface area contributed by atoms with Gasteiger partial charge in [0, 0.05) is 25.7 Å². The Bertz CT molecular complexity index is 687. The van der Waals surface area contributed by atoms with Crippen LogP contribution in [0, 0.1) is 17.3 Å². The Morgan fingerprint density at radius 1 is 1.00 bits per heavy atom. The van der Waals surface area contributed by atoms with Gasteiger partial charge in [-0.25, -0.2) is 4.79 Å². The first kappa shape index (κ1) is 29.6. The number of likely N-dealkylation sites (tertiary alicyclic amines) is 1. The molecular formula is C23H41N3O8. The standard InChI is InChI=1S/C19H35N3O4.C4H6O4/c1-13(2)11-20-15-10-14(17(23)21-6-8-26-9-7-21)12-22(18(24)25)16(15)19(3,4)5;5-3(6)1-2-4(7)8/h13-16,20H,6-12H2,1-5H3,(H,24,25);1-2H2,(H,5,6)(H,7,8)/t14-,15+,16?;/m1./s1. The molecular weight excluding hydrogens is 446 g/mol. The zero-order valence-corrected chi connectivity index (χ0v) is 21.0. The summed E-state index contributed by atoms with van der Waals surface area (Å²) in [5, 5.41) is 29.2. The van der Waals surface area contributed by atoms with Crippen LogP contribution in [0.4, 0.5) is 4.79 Å². The largest absolute Gasteiger partial charge is 0.481 e. The van der Waals surface area contributed by atoms with Gasteiger partial charge in [0.25, 0.3) is 0 Å². The van der Waals surface area contributed by atoms with Crippen LogP contribution >= 0.6 is 0 Å². The molecule has 2 rings (SSSR count). The van der Waals surface area contributed by atoms with E-state index in [1.54, 1.807) is 0 Å². The summed E-state index contributed by atoms with van der Waals surface area (Å²) in [6.45, 7) is 13.9. The van der Waals surface area contributed by atoms with E-state index in [-0.39, 0.29) is 48.7 Å². The molecule has 0 aliphatic carbocycles. The van der Waals surface area contributed by atoms with E-state index in [4.69, 9.17) is 14.9 Å². The van der Waals surface area contributed by atoms with Gasteiger partial charge >= 0.3 is 18.0 Å². The summed E-state index contributed by atoms with van der Waals surface area (Å²) in [6, 6.07) is -0.190. The summed E-state index contributed by atoms with van der Waals surface area (Å²) in [5.74, 6) is -1.93. The van der Waals surface area contributed by atoms with Gasteiger partial charge in [-0.05, 0) is 24.3 Å². The third-order valence-corrected chi connectivity index (χ3v) is 5.82. The highest BCUT2D eigenvalue weighted by Crippen LogP contribution is 2.35. The lowest BCUT2D eigenvalue weighted by atomic mass is 9.75. The van der Waals surface area contributed by atoms with Gasteiger partial charge in [0.2, 0.25) is 5.91 Å². The van der Waals surface area contributed by atoms with E-state index >= 15 is 0 Å². The number of nitrogens with one attached hydrogen (secondary N) is 1. The van der Waals surface area contributed by atoms with E-state index < -0.39 is 18.0 Å². The predicted molar refractivity (Wildman–Crippen MR) is 125 cm³/mol. The highest BCUT2D eigenvalue weighted by molar-refractivity contribution is 5.80. The molecule has 0 aromatic carbocycles. The summed E-state index contributed by atoms with van der Waals surface area (Å²) in [5.41, 5.74) is -0.208. The molecule has 11 nitrogen and oxygen atoms in total. The SMILES string of the molecule is CC(C)CN[C@H]1C[C@@H](C(=O)N2CCOCC2)CN(C(=O)O)C1C(C)(C)C.O=C(O)CCC(=O)O. The maximum atomic E-state index is 13.0. The number of morpholine rings is 1. The van der Waals surface area contributed by atoms with E-state index in [9.17, 15) is 24.3 Å². The summed E-state index contributed by atoms with van der Waals surface area (Å²) < 4.78 is 5.33. The smallest absolute Gasteiger partial charge is 0.407 e. The van der Waals surface area contributed by atoms with Crippen LogP contribution < -0.4 is 5.32 Å². The minimum absolute atomic E-state index is 0.0303. The van der Waals surface area contributed by atoms with Gasteiger partial charge in [0.15, 0.2) is 0 Å². The first-order valence-corrected chi connectivity index (χ1v) is 11.8. The minimum Gasteiger partial charge on any atom is -0.481 e. The van der Waals surface area contributed by atoms with Crippen molar-refractivity contribution in [3.8, 4) is 0 Å². The summed E-state index contributed by atoms with van der Waals surface area (Å²) in [4.78, 5) is 47.6. The molecule has 2 aliphatic heterocycles. The lowest BCUT2D eigenvalue weighted by Gasteiger charge is -2.49. The minimum atomic E-state index is -1.08. The number of carbonyl (C=O) groups excluding carboxylic acids is 1. The number of carboxylic acids is 2. The number of rotatable bonds is 7. The number of piperidine rings is 1. The molecule has 196 valence electrons. The molecule has 4 N–H and O–H groups in total. The van der Waals surface area contributed by atoms with Crippen LogP contribution in [0.5, 0.6) is 0 Å². The maximum Gasteiger partial charge on any atom is 0.407 e. The number of carboxylic acid groups (broad SMARTS) is 3. The number of hydrogen-bond acceptors (Lipinski definition) is 6. The molecule has 2 saturated heterocycles. The first-order chi connectivity index (χ1) is 15.7. The summed E-state index contributed by atoms with van der Waals surface area (Å²) in [6.07, 6.45) is -0.861. The van der Waals surface area contributed by atoms with Gasteiger partial charge in [-0.2, -0.15) is 0 Å². The molecule has 0 bridgehead atoms. The lowest BCUT2D eigenvalue weighted by molar-refractivity contribution is -0.143. The number of hydrogen-bond donors (Lipinski definition) is 4. The molecule has 3 atom stereocenters. The van der Waals surface area contributed by atoms with Gasteiger partial charge in [0.05, 0.1) is 38.0 Å². The Kier molecular flexibility index (Phi) is 11.7. The van der Waals surface area contributed by atoms with Crippen LogP contribution in [0.3, 0.4) is 0 Å². The van der Waals surface area contributed by atoms with Crippen molar-refractivity contribution in [2.24, 2.45) is 17.3 Å². The average Bonchev–Trinajstić information content (AvgIpc) is 2.75. The molecule has 34 heavy (non-hydrogen) atoms. The Labute approximate surface area is 201 Å². The molecule has 0 spiro atoms. The Morgan fingerprint density at radius 3 is 1.94 bits per heavy atom. The van der Waals surface area contributed by atoms with Crippen molar-refractivity contribution in [1.82, 2.24) is 15.1 Å². The van der Waals surface area contributed by atoms with Crippen molar-refractivity contribution >= 4 is 23.9 Å². The van der Waals surface area contributed by atoms with Crippen molar-refractivity contribution < 1.29 is 39.2 Å². The van der Waals surface area contributed by atoms with Gasteiger partial charge in [-0.15, -0.1) is 0 Å². The van der Waals surface area contributed by atoms with Crippen molar-refractivity contribution in [2.75, 3.05) is 39.4 Å². The molecule has 2 heterocycles. The highest BCUT2D eigenvalue weighted by atomic mass is 16.5. The fourth-order valence-electron chi connectivity index (χ4n) is 4.36. The van der Waals surface area contributed by atoms with Crippen molar-refractivity contribution in [3.05, 3.63) is 0 Å². The second kappa shape index (κ2) is 13.5. The predicted octanol–water partition coefficient (Wildman–Crippen LogP) is 1.81. The van der Waals surface area contributed by atoms with Crippen LogP contribution in [0.2, 0.25) is 0 Å². The monoisotopic (exact) mass is 487 g/mol. The Morgan fingerprint density at radius 2 is 1.53 bits per heavy atom. The topological polar surface area (TPSA) is 157 Å². The van der Waals surface area contributed by atoms with E-state index in [0.29, 0.717) is 38.6 Å². The molecule has 2 aliphatic rings. The van der Waals surface area contributed by atoms with Gasteiger partial charge < -0.3 is 35.2 Å². The molecule has 1 unspecified atom stereocenters. The molecule has 0 saturated carbocycles. The molecule has 2 amide bonds. The Balaban J connectivity index is 0.000000620. The normalized spacial score (nSPS) is 23.2. The van der Waals surface area contributed by atoms with E-state index in [0.717, 1.165) is 6.54 Å². The fraction of sp³-hybridized carbons (Fsp3) is 0.826. The third-order valence-electron chi connectivity index (χ3n) is 5.82. The van der Waals surface area contributed by atoms with Crippen molar-refractivity contribution in [3.63, 3.8) is 0 Å².